The summed E-state index contributed by atoms with van der Waals surface area (Å²) in [5.41, 5.74) is 0. The average molecular weight is 1480 g/mol. The Labute approximate surface area is 619 Å². The van der Waals surface area contributed by atoms with Gasteiger partial charge in [0.1, 0.15) is 19.3 Å². The van der Waals surface area contributed by atoms with Crippen molar-refractivity contribution in [1.82, 2.24) is 0 Å². The molecule has 0 aromatic carbocycles. The Hall–Kier alpha value is -1.94. The van der Waals surface area contributed by atoms with Gasteiger partial charge in [0.05, 0.1) is 26.4 Å². The van der Waals surface area contributed by atoms with Crippen LogP contribution in [0.2, 0.25) is 0 Å². The average Bonchev–Trinajstić information content (AvgIpc) is 0.994. The number of hydrogen-bond donors (Lipinski definition) is 3. The Morgan fingerprint density at radius 1 is 0.277 bits per heavy atom. The minimum absolute atomic E-state index is 0.106. The number of ether oxygens (including phenoxy) is 4. The predicted octanol–water partition coefficient (Wildman–Crippen LogP) is 24.5. The maximum Gasteiger partial charge on any atom is 0.472 e. The molecule has 0 aromatic heterocycles. The lowest BCUT2D eigenvalue weighted by molar-refractivity contribution is -0.161. The van der Waals surface area contributed by atoms with Gasteiger partial charge in [0, 0.05) is 25.7 Å². The molecule has 0 amide bonds. The van der Waals surface area contributed by atoms with Crippen molar-refractivity contribution in [3.05, 3.63) is 0 Å². The van der Waals surface area contributed by atoms with Crippen molar-refractivity contribution in [2.75, 3.05) is 39.6 Å². The van der Waals surface area contributed by atoms with Gasteiger partial charge in [0.15, 0.2) is 12.2 Å². The van der Waals surface area contributed by atoms with E-state index in [0.717, 1.165) is 108 Å². The third kappa shape index (κ3) is 72.1. The number of unbranched alkanes of at least 4 members (excludes halogenated alkanes) is 45. The Bertz CT molecular complexity index is 1960. The summed E-state index contributed by atoms with van der Waals surface area (Å²) in [4.78, 5) is 73.1. The first-order chi connectivity index (χ1) is 48.8. The molecule has 19 heteroatoms. The first-order valence-corrected chi connectivity index (χ1v) is 45.5. The van der Waals surface area contributed by atoms with E-state index in [2.05, 4.69) is 48.5 Å². The molecule has 5 unspecified atom stereocenters. The molecule has 0 aliphatic rings. The van der Waals surface area contributed by atoms with E-state index in [4.69, 9.17) is 37.0 Å². The zero-order valence-electron chi connectivity index (χ0n) is 66.4. The van der Waals surface area contributed by atoms with E-state index in [1.165, 1.54) is 238 Å². The number of aliphatic hydroxyl groups is 1. The van der Waals surface area contributed by atoms with E-state index in [1.54, 1.807) is 0 Å². The summed E-state index contributed by atoms with van der Waals surface area (Å²) in [6, 6.07) is 0. The summed E-state index contributed by atoms with van der Waals surface area (Å²) in [7, 11) is -9.92. The quantitative estimate of drug-likeness (QED) is 0.0222. The van der Waals surface area contributed by atoms with Gasteiger partial charge >= 0.3 is 39.5 Å². The van der Waals surface area contributed by atoms with E-state index < -0.39 is 97.5 Å². The van der Waals surface area contributed by atoms with Gasteiger partial charge in [-0.05, 0) is 43.4 Å². The fourth-order valence-corrected chi connectivity index (χ4v) is 14.1. The summed E-state index contributed by atoms with van der Waals surface area (Å²) in [5, 5.41) is 10.6. The molecule has 0 heterocycles. The van der Waals surface area contributed by atoms with Gasteiger partial charge in [-0.25, -0.2) is 9.13 Å². The third-order valence-corrected chi connectivity index (χ3v) is 22.1. The monoisotopic (exact) mass is 1480 g/mol. The maximum absolute atomic E-state index is 13.1. The number of phosphoric ester groups is 2. The van der Waals surface area contributed by atoms with Gasteiger partial charge in [-0.3, -0.25) is 37.3 Å². The van der Waals surface area contributed by atoms with E-state index >= 15 is 0 Å². The SMILES string of the molecule is CCCCCCCCCCCCCC(=O)OC[C@H](COP(=O)(O)OC[C@H](O)COP(=O)(O)OC[C@@H](COC(=O)CCCCCCCCCCCCC(C)CC)OC(=O)CCCCCCCCCCCCCCCCCCCCC(C)CC)OC(=O)CCCCCCCCCCCCC(C)CC. The van der Waals surface area contributed by atoms with Gasteiger partial charge in [-0.2, -0.15) is 0 Å². The summed E-state index contributed by atoms with van der Waals surface area (Å²) >= 11 is 0. The molecular formula is C82H160O17P2. The highest BCUT2D eigenvalue weighted by Gasteiger charge is 2.30. The zero-order chi connectivity index (χ0) is 74.4. The van der Waals surface area contributed by atoms with Crippen LogP contribution in [0.4, 0.5) is 0 Å². The van der Waals surface area contributed by atoms with Crippen LogP contribution in [0.3, 0.4) is 0 Å². The van der Waals surface area contributed by atoms with E-state index in [9.17, 15) is 43.2 Å². The molecule has 0 aliphatic heterocycles. The molecule has 0 rings (SSSR count). The molecule has 3 N–H and O–H groups in total. The van der Waals surface area contributed by atoms with Crippen molar-refractivity contribution < 1.29 is 80.2 Å². The molecule has 0 spiro atoms. The molecule has 0 bridgehead atoms. The molecular weight excluding hydrogens is 1320 g/mol. The number of esters is 4. The topological polar surface area (TPSA) is 237 Å². The van der Waals surface area contributed by atoms with E-state index in [1.807, 2.05) is 0 Å². The number of carbonyl (C=O) groups excluding carboxylic acids is 4. The van der Waals surface area contributed by atoms with Crippen LogP contribution in [0.15, 0.2) is 0 Å². The minimum atomic E-state index is -4.96. The smallest absolute Gasteiger partial charge is 0.462 e. The standard InChI is InChI=1S/C82H160O17P2/c1-8-12-13-14-15-16-25-35-42-49-56-63-79(84)92-69-78(99-82(87)66-59-52-45-38-31-29-34-41-48-55-62-75(7)11-4)72-97-101(90,91)95-68-76(83)67-94-100(88,89)96-71-77(70-93-80(85)64-57-50-43-36-30-28-33-40-47-54-61-74(6)10-3)98-81(86)65-58-51-44-37-27-24-22-20-18-17-19-21-23-26-32-39-46-53-60-73(5)9-2/h73-78,83H,8-72H2,1-7H3,(H,88,89)(H,90,91)/t73?,74?,75?,76-,77-,78-/m1/s1. The fraction of sp³-hybridized carbons (Fsp3) is 0.951. The lowest BCUT2D eigenvalue weighted by Gasteiger charge is -2.21. The largest absolute Gasteiger partial charge is 0.472 e. The van der Waals surface area contributed by atoms with Crippen LogP contribution in [-0.4, -0.2) is 96.7 Å². The van der Waals surface area contributed by atoms with Crippen LogP contribution in [0.25, 0.3) is 0 Å². The number of rotatable bonds is 80. The molecule has 0 aliphatic carbocycles. The van der Waals surface area contributed by atoms with Crippen molar-refractivity contribution in [2.24, 2.45) is 17.8 Å². The molecule has 17 nitrogen and oxygen atoms in total. The van der Waals surface area contributed by atoms with E-state index in [-0.39, 0.29) is 25.7 Å². The highest BCUT2D eigenvalue weighted by molar-refractivity contribution is 7.47. The van der Waals surface area contributed by atoms with Gasteiger partial charge in [0.25, 0.3) is 0 Å². The summed E-state index contributed by atoms with van der Waals surface area (Å²) in [6.07, 6.45) is 60.8. The molecule has 0 aromatic rings. The Balaban J connectivity index is 5.23. The summed E-state index contributed by atoms with van der Waals surface area (Å²) in [5.74, 6) is 0.374. The molecule has 101 heavy (non-hydrogen) atoms. The molecule has 0 radical (unpaired) electrons. The highest BCUT2D eigenvalue weighted by Crippen LogP contribution is 2.45. The number of carbonyl (C=O) groups is 4. The molecule has 0 saturated heterocycles. The zero-order valence-corrected chi connectivity index (χ0v) is 68.2. The van der Waals surface area contributed by atoms with E-state index in [0.29, 0.717) is 25.7 Å². The minimum Gasteiger partial charge on any atom is -0.462 e. The van der Waals surface area contributed by atoms with Crippen molar-refractivity contribution in [3.63, 3.8) is 0 Å². The van der Waals surface area contributed by atoms with Gasteiger partial charge in [-0.1, -0.05) is 376 Å². The normalized spacial score (nSPS) is 14.8. The van der Waals surface area contributed by atoms with Gasteiger partial charge < -0.3 is 33.8 Å². The third-order valence-electron chi connectivity index (χ3n) is 20.2. The van der Waals surface area contributed by atoms with Crippen molar-refractivity contribution in [3.8, 4) is 0 Å². The highest BCUT2D eigenvalue weighted by atomic mass is 31.2. The first kappa shape index (κ1) is 99.1. The summed E-state index contributed by atoms with van der Waals surface area (Å²) in [6.45, 7) is 12.1. The van der Waals surface area contributed by atoms with Crippen molar-refractivity contribution >= 4 is 39.5 Å². The van der Waals surface area contributed by atoms with Gasteiger partial charge in [-0.15, -0.1) is 0 Å². The Morgan fingerprint density at radius 3 is 0.703 bits per heavy atom. The molecule has 0 saturated carbocycles. The second-order valence-corrected chi connectivity index (χ2v) is 33.1. The summed E-state index contributed by atoms with van der Waals surface area (Å²) < 4.78 is 68.7. The number of aliphatic hydroxyl groups excluding tert-OH is 1. The van der Waals surface area contributed by atoms with Crippen LogP contribution in [0, 0.1) is 17.8 Å². The van der Waals surface area contributed by atoms with Crippen LogP contribution in [-0.2, 0) is 65.4 Å². The second kappa shape index (κ2) is 72.3. The Morgan fingerprint density at radius 2 is 0.475 bits per heavy atom. The molecule has 600 valence electrons. The lowest BCUT2D eigenvalue weighted by atomic mass is 9.99. The van der Waals surface area contributed by atoms with Gasteiger partial charge in [0.2, 0.25) is 0 Å². The van der Waals surface area contributed by atoms with Crippen LogP contribution in [0.5, 0.6) is 0 Å². The predicted molar refractivity (Wildman–Crippen MR) is 414 cm³/mol. The van der Waals surface area contributed by atoms with Crippen LogP contribution >= 0.6 is 15.6 Å². The van der Waals surface area contributed by atoms with Crippen LogP contribution in [0.1, 0.15) is 427 Å². The second-order valence-electron chi connectivity index (χ2n) is 30.2. The first-order valence-electron chi connectivity index (χ1n) is 42.5. The van der Waals surface area contributed by atoms with Crippen LogP contribution < -0.4 is 0 Å². The van der Waals surface area contributed by atoms with Crippen molar-refractivity contribution in [1.29, 1.82) is 0 Å². The Kier molecular flexibility index (Phi) is 70.9. The number of phosphoric acid groups is 2. The maximum atomic E-state index is 13.1. The lowest BCUT2D eigenvalue weighted by Crippen LogP contribution is -2.30. The van der Waals surface area contributed by atoms with Crippen molar-refractivity contribution in [2.45, 2.75) is 446 Å². The molecule has 8 atom stereocenters. The number of hydrogen-bond acceptors (Lipinski definition) is 15. The molecule has 0 fully saturated rings. The fourth-order valence-electron chi connectivity index (χ4n) is 12.6.